The molecule has 2 unspecified atom stereocenters. The molecule has 0 aromatic rings. The van der Waals surface area contributed by atoms with Gasteiger partial charge in [-0.05, 0) is 64.3 Å². The van der Waals surface area contributed by atoms with Crippen molar-refractivity contribution < 1.29 is 0 Å². The van der Waals surface area contributed by atoms with Crippen molar-refractivity contribution in [2.75, 3.05) is 13.6 Å². The van der Waals surface area contributed by atoms with Gasteiger partial charge in [0.25, 0.3) is 0 Å². The molecule has 0 aliphatic heterocycles. The SMILES string of the molecule is CNC1CCC(C)(C)CC1N(CC1CC1)C(C)C. The first-order chi connectivity index (χ1) is 8.43. The smallest absolute Gasteiger partial charge is 0.0257 e. The first-order valence-corrected chi connectivity index (χ1v) is 7.86. The monoisotopic (exact) mass is 252 g/mol. The summed E-state index contributed by atoms with van der Waals surface area (Å²) in [6.45, 7) is 11.0. The van der Waals surface area contributed by atoms with Crippen LogP contribution in [0.1, 0.15) is 59.8 Å². The second-order valence-electron chi connectivity index (χ2n) is 7.60. The molecule has 2 nitrogen and oxygen atoms in total. The summed E-state index contributed by atoms with van der Waals surface area (Å²) in [6, 6.07) is 2.11. The Morgan fingerprint density at radius 1 is 1.22 bits per heavy atom. The summed E-state index contributed by atoms with van der Waals surface area (Å²) in [5, 5.41) is 3.58. The third kappa shape index (κ3) is 3.48. The van der Waals surface area contributed by atoms with Crippen molar-refractivity contribution in [3.05, 3.63) is 0 Å². The molecule has 2 rings (SSSR count). The molecule has 2 fully saturated rings. The predicted octanol–water partition coefficient (Wildman–Crippen LogP) is 3.27. The van der Waals surface area contributed by atoms with Crippen molar-refractivity contribution in [1.29, 1.82) is 0 Å². The zero-order chi connectivity index (χ0) is 13.3. The highest BCUT2D eigenvalue weighted by atomic mass is 15.2. The van der Waals surface area contributed by atoms with Crippen molar-refractivity contribution in [2.45, 2.75) is 77.9 Å². The highest BCUT2D eigenvalue weighted by Crippen LogP contribution is 2.39. The zero-order valence-electron chi connectivity index (χ0n) is 13.0. The lowest BCUT2D eigenvalue weighted by molar-refractivity contribution is 0.0438. The van der Waals surface area contributed by atoms with Gasteiger partial charge in [0.05, 0.1) is 0 Å². The molecule has 0 radical (unpaired) electrons. The first-order valence-electron chi connectivity index (χ1n) is 7.86. The fourth-order valence-electron chi connectivity index (χ4n) is 3.56. The van der Waals surface area contributed by atoms with Crippen LogP contribution in [0.5, 0.6) is 0 Å². The molecule has 0 amide bonds. The number of hydrogen-bond donors (Lipinski definition) is 1. The van der Waals surface area contributed by atoms with Crippen LogP contribution in [0.15, 0.2) is 0 Å². The number of nitrogens with one attached hydrogen (secondary N) is 1. The van der Waals surface area contributed by atoms with Crippen LogP contribution in [-0.2, 0) is 0 Å². The van der Waals surface area contributed by atoms with Gasteiger partial charge in [-0.25, -0.2) is 0 Å². The van der Waals surface area contributed by atoms with Crippen molar-refractivity contribution in [3.63, 3.8) is 0 Å². The zero-order valence-corrected chi connectivity index (χ0v) is 13.0. The van der Waals surface area contributed by atoms with E-state index in [-0.39, 0.29) is 0 Å². The van der Waals surface area contributed by atoms with Crippen molar-refractivity contribution in [1.82, 2.24) is 10.2 Å². The minimum absolute atomic E-state index is 0.523. The summed E-state index contributed by atoms with van der Waals surface area (Å²) in [5.74, 6) is 0.995. The molecule has 0 aromatic heterocycles. The molecule has 2 saturated carbocycles. The standard InChI is InChI=1S/C16H32N2/c1-12(2)18(11-13-6-7-13)15-10-16(3,4)9-8-14(15)17-5/h12-15,17H,6-11H2,1-5H3. The van der Waals surface area contributed by atoms with Crippen LogP contribution in [0, 0.1) is 11.3 Å². The molecule has 0 heterocycles. The minimum Gasteiger partial charge on any atom is -0.315 e. The predicted molar refractivity (Wildman–Crippen MR) is 78.8 cm³/mol. The average molecular weight is 252 g/mol. The molecule has 0 aromatic carbocycles. The Morgan fingerprint density at radius 2 is 1.89 bits per heavy atom. The lowest BCUT2D eigenvalue weighted by atomic mass is 9.72. The quantitative estimate of drug-likeness (QED) is 0.808. The lowest BCUT2D eigenvalue weighted by Crippen LogP contribution is -2.56. The highest BCUT2D eigenvalue weighted by Gasteiger charge is 2.39. The third-order valence-electron chi connectivity index (χ3n) is 4.98. The maximum absolute atomic E-state index is 3.58. The Labute approximate surface area is 114 Å². The first kappa shape index (κ1) is 14.3. The average Bonchev–Trinajstić information content (AvgIpc) is 3.08. The van der Waals surface area contributed by atoms with E-state index in [2.05, 4.69) is 45.0 Å². The molecule has 2 heteroatoms. The van der Waals surface area contributed by atoms with Gasteiger partial charge in [0.15, 0.2) is 0 Å². The van der Waals surface area contributed by atoms with Gasteiger partial charge in [0.1, 0.15) is 0 Å². The highest BCUT2D eigenvalue weighted by molar-refractivity contribution is 4.96. The fraction of sp³-hybridized carbons (Fsp3) is 1.00. The van der Waals surface area contributed by atoms with E-state index in [0.29, 0.717) is 17.5 Å². The summed E-state index contributed by atoms with van der Waals surface area (Å²) in [4.78, 5) is 2.79. The van der Waals surface area contributed by atoms with Crippen LogP contribution in [0.3, 0.4) is 0 Å². The number of rotatable bonds is 5. The van der Waals surface area contributed by atoms with E-state index in [9.17, 15) is 0 Å². The van der Waals surface area contributed by atoms with Gasteiger partial charge in [-0.1, -0.05) is 13.8 Å². The van der Waals surface area contributed by atoms with Gasteiger partial charge in [-0.3, -0.25) is 4.90 Å². The maximum Gasteiger partial charge on any atom is 0.0257 e. The summed E-state index contributed by atoms with van der Waals surface area (Å²) in [6.07, 6.45) is 6.98. The van der Waals surface area contributed by atoms with Crippen LogP contribution in [0.25, 0.3) is 0 Å². The van der Waals surface area contributed by atoms with Gasteiger partial charge in [0.2, 0.25) is 0 Å². The molecular formula is C16H32N2. The van der Waals surface area contributed by atoms with E-state index in [1.54, 1.807) is 0 Å². The maximum atomic E-state index is 3.58. The van der Waals surface area contributed by atoms with E-state index in [1.807, 2.05) is 0 Å². The molecule has 0 saturated heterocycles. The van der Waals surface area contributed by atoms with E-state index in [0.717, 1.165) is 12.0 Å². The van der Waals surface area contributed by atoms with E-state index in [1.165, 1.54) is 38.6 Å². The van der Waals surface area contributed by atoms with Crippen molar-refractivity contribution in [3.8, 4) is 0 Å². The molecule has 18 heavy (non-hydrogen) atoms. The van der Waals surface area contributed by atoms with Gasteiger partial charge in [-0.15, -0.1) is 0 Å². The van der Waals surface area contributed by atoms with Crippen molar-refractivity contribution >= 4 is 0 Å². The number of nitrogens with zero attached hydrogens (tertiary/aromatic N) is 1. The molecule has 2 atom stereocenters. The van der Waals surface area contributed by atoms with Crippen LogP contribution >= 0.6 is 0 Å². The molecule has 0 bridgehead atoms. The largest absolute Gasteiger partial charge is 0.315 e. The van der Waals surface area contributed by atoms with Gasteiger partial charge < -0.3 is 5.32 Å². The summed E-state index contributed by atoms with van der Waals surface area (Å²) < 4.78 is 0. The van der Waals surface area contributed by atoms with E-state index >= 15 is 0 Å². The van der Waals surface area contributed by atoms with Crippen molar-refractivity contribution in [2.24, 2.45) is 11.3 Å². The van der Waals surface area contributed by atoms with Crippen LogP contribution in [-0.4, -0.2) is 36.6 Å². The molecule has 1 N–H and O–H groups in total. The van der Waals surface area contributed by atoms with Gasteiger partial charge in [-0.2, -0.15) is 0 Å². The normalized spacial score (nSPS) is 32.2. The number of hydrogen-bond acceptors (Lipinski definition) is 2. The van der Waals surface area contributed by atoms with E-state index in [4.69, 9.17) is 0 Å². The van der Waals surface area contributed by atoms with Gasteiger partial charge >= 0.3 is 0 Å². The van der Waals surface area contributed by atoms with E-state index < -0.39 is 0 Å². The minimum atomic E-state index is 0.523. The lowest BCUT2D eigenvalue weighted by Gasteiger charge is -2.47. The Kier molecular flexibility index (Phi) is 4.38. The Hall–Kier alpha value is -0.0800. The van der Waals surface area contributed by atoms with Gasteiger partial charge in [0, 0.05) is 24.7 Å². The Bertz CT molecular complexity index is 268. The summed E-state index contributed by atoms with van der Waals surface area (Å²) >= 11 is 0. The molecule has 0 spiro atoms. The molecule has 2 aliphatic carbocycles. The second kappa shape index (κ2) is 5.50. The van der Waals surface area contributed by atoms with Crippen LogP contribution in [0.2, 0.25) is 0 Å². The molecular weight excluding hydrogens is 220 g/mol. The fourth-order valence-corrected chi connectivity index (χ4v) is 3.56. The van der Waals surface area contributed by atoms with Crippen LogP contribution in [0.4, 0.5) is 0 Å². The molecule has 2 aliphatic rings. The third-order valence-corrected chi connectivity index (χ3v) is 4.98. The number of likely N-dealkylation sites (N-methyl/N-ethyl adjacent to an activating group) is 1. The summed E-state index contributed by atoms with van der Waals surface area (Å²) in [7, 11) is 2.14. The Morgan fingerprint density at radius 3 is 2.39 bits per heavy atom. The second-order valence-corrected chi connectivity index (χ2v) is 7.60. The topological polar surface area (TPSA) is 15.3 Å². The summed E-state index contributed by atoms with van der Waals surface area (Å²) in [5.41, 5.74) is 0.523. The molecule has 106 valence electrons. The Balaban J connectivity index is 2.07. The van der Waals surface area contributed by atoms with Crippen LogP contribution < -0.4 is 5.32 Å².